The monoisotopic (exact) mass is 330 g/mol. The molecular weight excluding hydrogens is 324 g/mol. The number of aryl methyl sites for hydroxylation is 1. The van der Waals surface area contributed by atoms with Gasteiger partial charge in [-0.1, -0.05) is 0 Å². The van der Waals surface area contributed by atoms with Gasteiger partial charge in [0.2, 0.25) is 5.95 Å². The molecule has 0 bridgehead atoms. The first kappa shape index (κ1) is 12.8. The zero-order valence-corrected chi connectivity index (χ0v) is 11.4. The smallest absolute Gasteiger partial charge is 0.339 e. The Bertz CT molecular complexity index is 711. The molecule has 0 amide bonds. The minimum Gasteiger partial charge on any atom is -0.368 e. The summed E-state index contributed by atoms with van der Waals surface area (Å²) in [5.74, 6) is 0.107. The summed E-state index contributed by atoms with van der Waals surface area (Å²) in [6.45, 7) is 0. The highest BCUT2D eigenvalue weighted by molar-refractivity contribution is 9.10. The zero-order chi connectivity index (χ0) is 13.3. The van der Waals surface area contributed by atoms with E-state index in [1.165, 1.54) is 10.9 Å². The molecule has 0 aromatic carbocycles. The number of rotatable bonds is 2. The Morgan fingerprint density at radius 3 is 2.89 bits per heavy atom. The molecule has 18 heavy (non-hydrogen) atoms. The molecule has 0 fully saturated rings. The van der Waals surface area contributed by atoms with Crippen LogP contribution in [0.1, 0.15) is 0 Å². The van der Waals surface area contributed by atoms with Crippen molar-refractivity contribution in [3.8, 4) is 0 Å². The Morgan fingerprint density at radius 1 is 1.44 bits per heavy atom. The van der Waals surface area contributed by atoms with Crippen LogP contribution in [0.5, 0.6) is 0 Å². The van der Waals surface area contributed by atoms with Crippen molar-refractivity contribution in [1.82, 2.24) is 24.7 Å². The number of hydrogen-bond donors (Lipinski definition) is 2. The summed E-state index contributed by atoms with van der Waals surface area (Å²) < 4.78 is 1.95. The molecule has 94 valence electrons. The molecule has 0 atom stereocenters. The third-order valence-corrected chi connectivity index (χ3v) is 3.76. The van der Waals surface area contributed by atoms with Gasteiger partial charge in [-0.15, -0.1) is 0 Å². The summed E-state index contributed by atoms with van der Waals surface area (Å²) in [6, 6.07) is 0. The number of halogens is 1. The van der Waals surface area contributed by atoms with Crippen molar-refractivity contribution < 1.29 is 0 Å². The second-order valence-corrected chi connectivity index (χ2v) is 4.99. The molecule has 0 saturated carbocycles. The first-order valence-electron chi connectivity index (χ1n) is 4.60. The van der Waals surface area contributed by atoms with Gasteiger partial charge in [0.1, 0.15) is 5.03 Å². The van der Waals surface area contributed by atoms with Crippen molar-refractivity contribution >= 4 is 33.6 Å². The average Bonchev–Trinajstić information content (AvgIpc) is 2.30. The number of H-pyrrole nitrogens is 1. The van der Waals surface area contributed by atoms with Crippen molar-refractivity contribution in [2.75, 3.05) is 5.73 Å². The first-order chi connectivity index (χ1) is 8.47. The van der Waals surface area contributed by atoms with Crippen LogP contribution in [-0.4, -0.2) is 24.7 Å². The highest BCUT2D eigenvalue weighted by atomic mass is 79.9. The van der Waals surface area contributed by atoms with Crippen LogP contribution in [0.4, 0.5) is 5.95 Å². The predicted octanol–water partition coefficient (Wildman–Crippen LogP) is -0.246. The summed E-state index contributed by atoms with van der Waals surface area (Å²) in [5.41, 5.74) is 3.84. The largest absolute Gasteiger partial charge is 0.368 e. The number of aromatic nitrogens is 5. The van der Waals surface area contributed by atoms with Gasteiger partial charge in [0.05, 0.1) is 4.47 Å². The van der Waals surface area contributed by atoms with E-state index < -0.39 is 11.1 Å². The Morgan fingerprint density at radius 2 is 2.17 bits per heavy atom. The van der Waals surface area contributed by atoms with Crippen molar-refractivity contribution in [2.45, 2.75) is 10.2 Å². The normalized spacial score (nSPS) is 10.6. The molecule has 0 aliphatic carbocycles. The lowest BCUT2D eigenvalue weighted by Gasteiger charge is -2.06. The Balaban J connectivity index is 2.46. The number of anilines is 1. The fraction of sp³-hybridized carbons (Fsp3) is 0.125. The summed E-state index contributed by atoms with van der Waals surface area (Å²) in [4.78, 5) is 33.7. The van der Waals surface area contributed by atoms with Gasteiger partial charge < -0.3 is 5.73 Å². The van der Waals surface area contributed by atoms with Crippen LogP contribution in [-0.2, 0) is 7.05 Å². The summed E-state index contributed by atoms with van der Waals surface area (Å²) in [7, 11) is 1.56. The zero-order valence-electron chi connectivity index (χ0n) is 9.05. The molecule has 0 radical (unpaired) electrons. The number of nitrogens with zero attached hydrogens (tertiary/aromatic N) is 4. The van der Waals surface area contributed by atoms with Gasteiger partial charge >= 0.3 is 11.1 Å². The van der Waals surface area contributed by atoms with Gasteiger partial charge in [-0.25, -0.2) is 9.97 Å². The van der Waals surface area contributed by atoms with Crippen LogP contribution >= 0.6 is 27.7 Å². The molecule has 0 aliphatic heterocycles. The predicted molar refractivity (Wildman–Crippen MR) is 68.4 cm³/mol. The average molecular weight is 331 g/mol. The van der Waals surface area contributed by atoms with Crippen LogP contribution in [0.3, 0.4) is 0 Å². The fourth-order valence-corrected chi connectivity index (χ4v) is 2.28. The Hall–Kier alpha value is -1.68. The van der Waals surface area contributed by atoms with E-state index in [1.54, 1.807) is 7.05 Å². The number of hydrogen-bond acceptors (Lipinski definition) is 7. The van der Waals surface area contributed by atoms with Gasteiger partial charge in [0, 0.05) is 13.2 Å². The van der Waals surface area contributed by atoms with Crippen LogP contribution in [0, 0.1) is 0 Å². The van der Waals surface area contributed by atoms with Crippen molar-refractivity contribution in [3.05, 3.63) is 31.4 Å². The van der Waals surface area contributed by atoms with Crippen molar-refractivity contribution in [3.63, 3.8) is 0 Å². The molecule has 2 rings (SSSR count). The Kier molecular flexibility index (Phi) is 3.48. The molecule has 2 heterocycles. The van der Waals surface area contributed by atoms with Crippen LogP contribution in [0.15, 0.2) is 30.4 Å². The highest BCUT2D eigenvalue weighted by Gasteiger charge is 2.10. The number of nitrogen functional groups attached to an aromatic ring is 1. The highest BCUT2D eigenvalue weighted by Crippen LogP contribution is 2.29. The molecular formula is C8H7BrN6O2S. The molecule has 0 spiro atoms. The minimum atomic E-state index is -0.853. The number of nitrogens with one attached hydrogen (secondary N) is 1. The van der Waals surface area contributed by atoms with E-state index in [9.17, 15) is 9.59 Å². The topological polar surface area (TPSA) is 120 Å². The SMILES string of the molecule is Cn1[nH]c(=O)c(=O)nc1Sc1nc(N)ncc1Br. The van der Waals surface area contributed by atoms with E-state index in [4.69, 9.17) is 5.73 Å². The van der Waals surface area contributed by atoms with E-state index in [0.717, 1.165) is 11.8 Å². The van der Waals surface area contributed by atoms with Crippen LogP contribution in [0.25, 0.3) is 0 Å². The summed E-state index contributed by atoms with van der Waals surface area (Å²) in [5, 5.41) is 3.12. The molecule has 0 aliphatic rings. The number of nitrogens with two attached hydrogens (primary N) is 1. The number of aromatic amines is 1. The quantitative estimate of drug-likeness (QED) is 0.575. The maximum atomic E-state index is 11.2. The van der Waals surface area contributed by atoms with Gasteiger partial charge in [-0.3, -0.25) is 19.4 Å². The van der Waals surface area contributed by atoms with Crippen LogP contribution < -0.4 is 16.9 Å². The maximum Gasteiger partial charge on any atom is 0.339 e. The van der Waals surface area contributed by atoms with Gasteiger partial charge in [0.15, 0.2) is 5.16 Å². The lowest BCUT2D eigenvalue weighted by atomic mass is 10.7. The second-order valence-electron chi connectivity index (χ2n) is 3.18. The summed E-state index contributed by atoms with van der Waals surface area (Å²) in [6.07, 6.45) is 1.49. The molecule has 0 unspecified atom stereocenters. The molecule has 3 N–H and O–H groups in total. The van der Waals surface area contributed by atoms with Gasteiger partial charge in [0.25, 0.3) is 0 Å². The van der Waals surface area contributed by atoms with E-state index >= 15 is 0 Å². The van der Waals surface area contributed by atoms with Gasteiger partial charge in [-0.05, 0) is 27.7 Å². The third-order valence-electron chi connectivity index (χ3n) is 1.87. The lowest BCUT2D eigenvalue weighted by molar-refractivity contribution is 0.596. The maximum absolute atomic E-state index is 11.2. The molecule has 2 aromatic rings. The van der Waals surface area contributed by atoms with E-state index in [0.29, 0.717) is 14.7 Å². The third kappa shape index (κ3) is 2.59. The van der Waals surface area contributed by atoms with Gasteiger partial charge in [-0.2, -0.15) is 4.98 Å². The second kappa shape index (κ2) is 4.90. The Labute approximate surface area is 113 Å². The lowest BCUT2D eigenvalue weighted by Crippen LogP contribution is -2.33. The van der Waals surface area contributed by atoms with Crippen LogP contribution in [0.2, 0.25) is 0 Å². The molecule has 2 aromatic heterocycles. The standard InChI is InChI=1S/C8H7BrN6O2S/c1-15-8(12-4(16)5(17)14-15)18-6-3(9)2-11-7(10)13-6/h2H,1H3,(H,14,17)(H2,10,11,13). The van der Waals surface area contributed by atoms with E-state index in [1.807, 2.05) is 0 Å². The van der Waals surface area contributed by atoms with E-state index in [2.05, 4.69) is 36.0 Å². The summed E-state index contributed by atoms with van der Waals surface area (Å²) >= 11 is 4.34. The molecule has 0 saturated heterocycles. The fourth-order valence-electron chi connectivity index (χ4n) is 1.07. The van der Waals surface area contributed by atoms with Crippen molar-refractivity contribution in [2.24, 2.45) is 7.05 Å². The minimum absolute atomic E-state index is 0.107. The first-order valence-corrected chi connectivity index (χ1v) is 6.21. The molecule has 10 heteroatoms. The van der Waals surface area contributed by atoms with E-state index in [-0.39, 0.29) is 5.95 Å². The molecule has 8 nitrogen and oxygen atoms in total. The van der Waals surface area contributed by atoms with Crippen molar-refractivity contribution in [1.29, 1.82) is 0 Å².